The van der Waals surface area contributed by atoms with Crippen LogP contribution in [0.15, 0.2) is 5.03 Å². The van der Waals surface area contributed by atoms with E-state index in [0.717, 1.165) is 38.2 Å². The van der Waals surface area contributed by atoms with Gasteiger partial charge >= 0.3 is 0 Å². The molecule has 4 nitrogen and oxygen atoms in total. The van der Waals surface area contributed by atoms with Crippen molar-refractivity contribution in [3.63, 3.8) is 0 Å². The molecular weight excluding hydrogens is 258 g/mol. The van der Waals surface area contributed by atoms with Gasteiger partial charge in [0.15, 0.2) is 0 Å². The molecule has 2 heterocycles. The van der Waals surface area contributed by atoms with Crippen molar-refractivity contribution >= 4 is 11.8 Å². The molecular formula is C14H25N3OS. The molecule has 1 saturated heterocycles. The highest BCUT2D eigenvalue weighted by Crippen LogP contribution is 2.35. The summed E-state index contributed by atoms with van der Waals surface area (Å²) in [6, 6.07) is 0. The first-order valence-electron chi connectivity index (χ1n) is 7.15. The predicted octanol–water partition coefficient (Wildman–Crippen LogP) is 2.50. The number of thioether (sulfide) groups is 1. The van der Waals surface area contributed by atoms with Crippen molar-refractivity contribution in [2.24, 2.45) is 7.05 Å². The molecule has 0 amide bonds. The summed E-state index contributed by atoms with van der Waals surface area (Å²) in [7, 11) is 2.04. The summed E-state index contributed by atoms with van der Waals surface area (Å²) in [5.74, 6) is 0. The van der Waals surface area contributed by atoms with Crippen LogP contribution in [0.3, 0.4) is 0 Å². The van der Waals surface area contributed by atoms with E-state index in [0.29, 0.717) is 11.4 Å². The highest BCUT2D eigenvalue weighted by atomic mass is 32.2. The van der Waals surface area contributed by atoms with Gasteiger partial charge in [-0.2, -0.15) is 5.10 Å². The number of nitrogens with zero attached hydrogens (tertiary/aromatic N) is 2. The monoisotopic (exact) mass is 283 g/mol. The van der Waals surface area contributed by atoms with Gasteiger partial charge in [0.1, 0.15) is 0 Å². The molecule has 1 fully saturated rings. The van der Waals surface area contributed by atoms with Crippen molar-refractivity contribution in [2.75, 3.05) is 13.2 Å². The topological polar surface area (TPSA) is 39.1 Å². The average Bonchev–Trinajstić information content (AvgIpc) is 2.88. The summed E-state index contributed by atoms with van der Waals surface area (Å²) < 4.78 is 7.68. The number of rotatable bonds is 6. The molecule has 0 radical (unpaired) electrons. The molecule has 1 aliphatic heterocycles. The van der Waals surface area contributed by atoms with Crippen molar-refractivity contribution in [3.05, 3.63) is 11.3 Å². The number of hydrogen-bond donors (Lipinski definition) is 1. The molecule has 2 atom stereocenters. The Morgan fingerprint density at radius 2 is 2.32 bits per heavy atom. The molecule has 1 N–H and O–H groups in total. The average molecular weight is 283 g/mol. The zero-order valence-corrected chi connectivity index (χ0v) is 13.2. The minimum Gasteiger partial charge on any atom is -0.377 e. The zero-order valence-electron chi connectivity index (χ0n) is 12.4. The van der Waals surface area contributed by atoms with Gasteiger partial charge in [-0.15, -0.1) is 11.8 Å². The first-order valence-corrected chi connectivity index (χ1v) is 8.02. The van der Waals surface area contributed by atoms with Gasteiger partial charge in [-0.25, -0.2) is 0 Å². The van der Waals surface area contributed by atoms with E-state index in [1.165, 1.54) is 10.6 Å². The SMILES string of the molecule is CCCNCc1c(C)nn(C)c1SC1CCOC1C. The molecule has 0 aromatic carbocycles. The van der Waals surface area contributed by atoms with Crippen LogP contribution in [0.2, 0.25) is 0 Å². The van der Waals surface area contributed by atoms with Gasteiger partial charge in [0.2, 0.25) is 0 Å². The summed E-state index contributed by atoms with van der Waals surface area (Å²) in [4.78, 5) is 0. The molecule has 0 spiro atoms. The molecule has 108 valence electrons. The molecule has 1 aromatic rings. The third kappa shape index (κ3) is 3.52. The van der Waals surface area contributed by atoms with E-state index in [2.05, 4.69) is 31.2 Å². The summed E-state index contributed by atoms with van der Waals surface area (Å²) >= 11 is 1.93. The second-order valence-electron chi connectivity index (χ2n) is 5.19. The van der Waals surface area contributed by atoms with Gasteiger partial charge in [-0.05, 0) is 33.2 Å². The van der Waals surface area contributed by atoms with Crippen LogP contribution in [0.5, 0.6) is 0 Å². The fourth-order valence-corrected chi connectivity index (χ4v) is 3.76. The van der Waals surface area contributed by atoms with E-state index < -0.39 is 0 Å². The Morgan fingerprint density at radius 1 is 1.53 bits per heavy atom. The Balaban J connectivity index is 2.09. The molecule has 2 unspecified atom stereocenters. The van der Waals surface area contributed by atoms with Gasteiger partial charge in [0.05, 0.1) is 16.8 Å². The van der Waals surface area contributed by atoms with Gasteiger partial charge in [0.25, 0.3) is 0 Å². The van der Waals surface area contributed by atoms with Crippen LogP contribution in [0, 0.1) is 6.92 Å². The van der Waals surface area contributed by atoms with Gasteiger partial charge < -0.3 is 10.1 Å². The van der Waals surface area contributed by atoms with E-state index in [9.17, 15) is 0 Å². The van der Waals surface area contributed by atoms with Crippen LogP contribution in [0.1, 0.15) is 37.9 Å². The number of ether oxygens (including phenoxy) is 1. The summed E-state index contributed by atoms with van der Waals surface area (Å²) in [6.07, 6.45) is 2.64. The predicted molar refractivity (Wildman–Crippen MR) is 79.6 cm³/mol. The first kappa shape index (κ1) is 14.9. The van der Waals surface area contributed by atoms with Crippen LogP contribution < -0.4 is 5.32 Å². The quantitative estimate of drug-likeness (QED) is 0.814. The minimum atomic E-state index is 0.344. The number of hydrogen-bond acceptors (Lipinski definition) is 4. The Morgan fingerprint density at radius 3 is 2.95 bits per heavy atom. The molecule has 0 aliphatic carbocycles. The van der Waals surface area contributed by atoms with Crippen LogP contribution in [0.4, 0.5) is 0 Å². The van der Waals surface area contributed by atoms with Crippen molar-refractivity contribution in [2.45, 2.75) is 56.5 Å². The summed E-state index contributed by atoms with van der Waals surface area (Å²) in [5.41, 5.74) is 2.49. The smallest absolute Gasteiger partial charge is 0.0988 e. The van der Waals surface area contributed by atoms with Gasteiger partial charge in [-0.1, -0.05) is 6.92 Å². The maximum Gasteiger partial charge on any atom is 0.0988 e. The first-order chi connectivity index (χ1) is 9.13. The Hall–Kier alpha value is -0.520. The van der Waals surface area contributed by atoms with Crippen LogP contribution in [0.25, 0.3) is 0 Å². The number of aryl methyl sites for hydroxylation is 2. The van der Waals surface area contributed by atoms with Crippen molar-refractivity contribution in [3.8, 4) is 0 Å². The van der Waals surface area contributed by atoms with Crippen molar-refractivity contribution in [1.82, 2.24) is 15.1 Å². The zero-order chi connectivity index (χ0) is 13.8. The van der Waals surface area contributed by atoms with Crippen LogP contribution in [-0.2, 0) is 18.3 Å². The lowest BCUT2D eigenvalue weighted by molar-refractivity contribution is 0.127. The molecule has 5 heteroatoms. The fourth-order valence-electron chi connectivity index (χ4n) is 2.43. The minimum absolute atomic E-state index is 0.344. The highest BCUT2D eigenvalue weighted by molar-refractivity contribution is 8.00. The van der Waals surface area contributed by atoms with E-state index in [1.54, 1.807) is 0 Å². The standard InChI is InChI=1S/C14H25N3OS/c1-5-7-15-9-12-10(2)16-17(4)14(12)19-13-6-8-18-11(13)3/h11,13,15H,5-9H2,1-4H3. The molecule has 2 rings (SSSR count). The van der Waals surface area contributed by atoms with Crippen LogP contribution >= 0.6 is 11.8 Å². The lowest BCUT2D eigenvalue weighted by atomic mass is 10.2. The van der Waals surface area contributed by atoms with Crippen LogP contribution in [-0.4, -0.2) is 34.3 Å². The maximum absolute atomic E-state index is 5.66. The number of aromatic nitrogens is 2. The van der Waals surface area contributed by atoms with E-state index in [1.807, 2.05) is 23.5 Å². The molecule has 1 aliphatic rings. The maximum atomic E-state index is 5.66. The second-order valence-corrected chi connectivity index (χ2v) is 6.42. The van der Waals surface area contributed by atoms with E-state index in [-0.39, 0.29) is 0 Å². The highest BCUT2D eigenvalue weighted by Gasteiger charge is 2.27. The third-order valence-electron chi connectivity index (χ3n) is 3.59. The Labute approximate surface area is 120 Å². The Kier molecular flexibility index (Phi) is 5.30. The van der Waals surface area contributed by atoms with E-state index >= 15 is 0 Å². The van der Waals surface area contributed by atoms with Gasteiger partial charge in [-0.3, -0.25) is 4.68 Å². The number of nitrogens with one attached hydrogen (secondary N) is 1. The Bertz CT molecular complexity index is 419. The second kappa shape index (κ2) is 6.77. The van der Waals surface area contributed by atoms with Crippen molar-refractivity contribution < 1.29 is 4.74 Å². The fraction of sp³-hybridized carbons (Fsp3) is 0.786. The van der Waals surface area contributed by atoms with Crippen molar-refractivity contribution in [1.29, 1.82) is 0 Å². The lowest BCUT2D eigenvalue weighted by Crippen LogP contribution is -2.17. The van der Waals surface area contributed by atoms with Gasteiger partial charge in [0, 0.05) is 31.0 Å². The lowest BCUT2D eigenvalue weighted by Gasteiger charge is -2.15. The molecule has 1 aromatic heterocycles. The molecule has 0 bridgehead atoms. The summed E-state index contributed by atoms with van der Waals surface area (Å²) in [5, 5.41) is 9.91. The third-order valence-corrected chi connectivity index (χ3v) is 5.24. The molecule has 0 saturated carbocycles. The van der Waals surface area contributed by atoms with E-state index in [4.69, 9.17) is 4.74 Å². The summed E-state index contributed by atoms with van der Waals surface area (Å²) in [6.45, 7) is 9.32. The molecule has 19 heavy (non-hydrogen) atoms. The normalized spacial score (nSPS) is 23.2. The largest absolute Gasteiger partial charge is 0.377 e.